The van der Waals surface area contributed by atoms with Gasteiger partial charge in [-0.15, -0.1) is 0 Å². The van der Waals surface area contributed by atoms with Crippen LogP contribution < -0.4 is 9.47 Å². The monoisotopic (exact) mass is 466 g/mol. The third-order valence-electron chi connectivity index (χ3n) is 5.36. The molecule has 4 rings (SSSR count). The molecule has 7 nitrogen and oxygen atoms in total. The summed E-state index contributed by atoms with van der Waals surface area (Å²) in [5, 5.41) is 17.0. The van der Waals surface area contributed by atoms with Gasteiger partial charge in [0.2, 0.25) is 0 Å². The molecular weight excluding hydrogens is 444 g/mol. The van der Waals surface area contributed by atoms with Gasteiger partial charge in [0.15, 0.2) is 28.8 Å². The van der Waals surface area contributed by atoms with Crippen LogP contribution in [0.1, 0.15) is 31.8 Å². The minimum absolute atomic E-state index is 0.114. The third kappa shape index (κ3) is 5.09. The summed E-state index contributed by atoms with van der Waals surface area (Å²) in [4.78, 5) is 25.9. The molecule has 0 saturated heterocycles. The van der Waals surface area contributed by atoms with Crippen LogP contribution in [-0.2, 0) is 0 Å². The lowest BCUT2D eigenvalue weighted by atomic mass is 10.0. The molecule has 7 heteroatoms. The predicted molar refractivity (Wildman–Crippen MR) is 131 cm³/mol. The van der Waals surface area contributed by atoms with Gasteiger partial charge in [-0.2, -0.15) is 0 Å². The molecule has 0 aromatic heterocycles. The van der Waals surface area contributed by atoms with Crippen LogP contribution in [0.15, 0.2) is 102 Å². The smallest absolute Gasteiger partial charge is 0.286 e. The van der Waals surface area contributed by atoms with E-state index in [1.54, 1.807) is 72.8 Å². The maximum absolute atomic E-state index is 12.9. The first-order chi connectivity index (χ1) is 17.0. The zero-order valence-electron chi connectivity index (χ0n) is 19.2. The Bertz CT molecular complexity index is 1400. The average molecular weight is 466 g/mol. The standard InChI is InChI=1S/C28H22N2O5/c1-34-25-17-21(27(31)19-9-5-3-6-10-19)13-15-23(25)29-30(33)24-16-14-22(18-26(24)35-2)28(32)20-11-7-4-8-12-20/h3-18H,1-2H3. The first-order valence-electron chi connectivity index (χ1n) is 10.8. The summed E-state index contributed by atoms with van der Waals surface area (Å²) in [6.07, 6.45) is 0. The van der Waals surface area contributed by atoms with Crippen LogP contribution >= 0.6 is 0 Å². The number of nitrogens with zero attached hydrogens (tertiary/aromatic N) is 2. The molecule has 0 amide bonds. The van der Waals surface area contributed by atoms with Gasteiger partial charge >= 0.3 is 0 Å². The highest BCUT2D eigenvalue weighted by atomic mass is 16.5. The molecule has 0 spiro atoms. The summed E-state index contributed by atoms with van der Waals surface area (Å²) >= 11 is 0. The molecule has 0 aliphatic carbocycles. The summed E-state index contributed by atoms with van der Waals surface area (Å²) in [7, 11) is 2.85. The molecule has 0 aliphatic heterocycles. The van der Waals surface area contributed by atoms with Gasteiger partial charge in [0.1, 0.15) is 0 Å². The fourth-order valence-electron chi connectivity index (χ4n) is 3.54. The SMILES string of the molecule is COc1cc(C(=O)c2ccccc2)ccc1N=[N+]([O-])c1ccc(C(=O)c2ccccc2)cc1OC. The lowest BCUT2D eigenvalue weighted by molar-refractivity contribution is -0.436. The quantitative estimate of drug-likeness (QED) is 0.136. The van der Waals surface area contributed by atoms with Crippen molar-refractivity contribution in [2.75, 3.05) is 14.2 Å². The van der Waals surface area contributed by atoms with Crippen LogP contribution in [0.5, 0.6) is 11.5 Å². The Labute approximate surface area is 202 Å². The van der Waals surface area contributed by atoms with Gasteiger partial charge in [0.05, 0.1) is 14.2 Å². The van der Waals surface area contributed by atoms with Gasteiger partial charge in [0.25, 0.3) is 5.69 Å². The average Bonchev–Trinajstić information content (AvgIpc) is 2.93. The Morgan fingerprint density at radius 3 is 1.66 bits per heavy atom. The minimum atomic E-state index is -0.190. The van der Waals surface area contributed by atoms with Crippen LogP contribution in [0.2, 0.25) is 0 Å². The van der Waals surface area contributed by atoms with Crippen molar-refractivity contribution in [3.8, 4) is 11.5 Å². The molecule has 4 aromatic rings. The van der Waals surface area contributed by atoms with E-state index in [9.17, 15) is 14.8 Å². The largest absolute Gasteiger partial charge is 0.594 e. The summed E-state index contributed by atoms with van der Waals surface area (Å²) in [6.45, 7) is 0. The second-order valence-electron chi connectivity index (χ2n) is 7.54. The second kappa shape index (κ2) is 10.4. The fourth-order valence-corrected chi connectivity index (χ4v) is 3.54. The Kier molecular flexibility index (Phi) is 6.97. The highest BCUT2D eigenvalue weighted by molar-refractivity contribution is 6.10. The number of carbonyl (C=O) groups excluding carboxylic acids is 2. The van der Waals surface area contributed by atoms with Crippen LogP contribution in [0.25, 0.3) is 0 Å². The van der Waals surface area contributed by atoms with E-state index in [0.29, 0.717) is 27.1 Å². The second-order valence-corrected chi connectivity index (χ2v) is 7.54. The van der Waals surface area contributed by atoms with Crippen LogP contribution in [-0.4, -0.2) is 30.6 Å². The topological polar surface area (TPSA) is 91.0 Å². The van der Waals surface area contributed by atoms with E-state index in [2.05, 4.69) is 5.11 Å². The highest BCUT2D eigenvalue weighted by Gasteiger charge is 2.19. The van der Waals surface area contributed by atoms with Crippen LogP contribution in [0.3, 0.4) is 0 Å². The first-order valence-corrected chi connectivity index (χ1v) is 10.8. The number of azo groups is 1. The highest BCUT2D eigenvalue weighted by Crippen LogP contribution is 2.34. The maximum atomic E-state index is 12.9. The molecule has 0 radical (unpaired) electrons. The molecule has 0 atom stereocenters. The number of ether oxygens (including phenoxy) is 2. The normalized spacial score (nSPS) is 11.1. The Morgan fingerprint density at radius 1 is 0.657 bits per heavy atom. The van der Waals surface area contributed by atoms with E-state index in [-0.39, 0.29) is 34.4 Å². The van der Waals surface area contributed by atoms with Crippen molar-refractivity contribution >= 4 is 22.9 Å². The Balaban J connectivity index is 1.64. The minimum Gasteiger partial charge on any atom is -0.594 e. The molecule has 0 aliphatic rings. The molecule has 0 N–H and O–H groups in total. The van der Waals surface area contributed by atoms with Gasteiger partial charge < -0.3 is 14.7 Å². The lowest BCUT2D eigenvalue weighted by Gasteiger charge is -2.09. The Hall–Kier alpha value is -4.78. The zero-order valence-corrected chi connectivity index (χ0v) is 19.2. The van der Waals surface area contributed by atoms with Gasteiger partial charge in [-0.1, -0.05) is 60.7 Å². The molecule has 0 unspecified atom stereocenters. The van der Waals surface area contributed by atoms with Crippen molar-refractivity contribution in [1.82, 2.24) is 0 Å². The lowest BCUT2D eigenvalue weighted by Crippen LogP contribution is -2.03. The Morgan fingerprint density at radius 2 is 1.14 bits per heavy atom. The van der Waals surface area contributed by atoms with Gasteiger partial charge in [-0.05, 0) is 35.2 Å². The molecule has 0 bridgehead atoms. The van der Waals surface area contributed by atoms with Crippen molar-refractivity contribution in [2.45, 2.75) is 0 Å². The van der Waals surface area contributed by atoms with E-state index in [0.717, 1.165) is 0 Å². The molecule has 4 aromatic carbocycles. The van der Waals surface area contributed by atoms with E-state index in [1.807, 2.05) is 12.1 Å². The van der Waals surface area contributed by atoms with E-state index in [4.69, 9.17) is 9.47 Å². The first kappa shape index (κ1) is 23.4. The molecule has 174 valence electrons. The van der Waals surface area contributed by atoms with E-state index >= 15 is 0 Å². The predicted octanol–water partition coefficient (Wildman–Crippen LogP) is 6.09. The van der Waals surface area contributed by atoms with Gasteiger partial charge in [0, 0.05) is 33.4 Å². The third-order valence-corrected chi connectivity index (χ3v) is 5.36. The molecule has 0 fully saturated rings. The molecule has 0 saturated carbocycles. The maximum Gasteiger partial charge on any atom is 0.286 e. The van der Waals surface area contributed by atoms with Gasteiger partial charge in [-0.3, -0.25) is 9.59 Å². The fraction of sp³-hybridized carbons (Fsp3) is 0.0714. The van der Waals surface area contributed by atoms with Gasteiger partial charge in [-0.25, -0.2) is 0 Å². The van der Waals surface area contributed by atoms with Crippen molar-refractivity contribution in [2.24, 2.45) is 5.11 Å². The molecule has 35 heavy (non-hydrogen) atoms. The summed E-state index contributed by atoms with van der Waals surface area (Å²) < 4.78 is 10.7. The molecular formula is C28H22N2O5. The number of methoxy groups -OCH3 is 2. The number of hydrogen-bond donors (Lipinski definition) is 0. The number of benzene rings is 4. The van der Waals surface area contributed by atoms with Crippen molar-refractivity contribution < 1.29 is 23.9 Å². The van der Waals surface area contributed by atoms with Crippen molar-refractivity contribution in [3.05, 3.63) is 125 Å². The summed E-state index contributed by atoms with van der Waals surface area (Å²) in [5.41, 5.74) is 2.21. The zero-order chi connectivity index (χ0) is 24.8. The van der Waals surface area contributed by atoms with Crippen molar-refractivity contribution in [3.63, 3.8) is 0 Å². The number of carbonyl (C=O) groups is 2. The van der Waals surface area contributed by atoms with E-state index < -0.39 is 0 Å². The number of rotatable bonds is 8. The molecule has 0 heterocycles. The number of ketones is 2. The van der Waals surface area contributed by atoms with Crippen LogP contribution in [0, 0.1) is 5.21 Å². The number of hydrogen-bond acceptors (Lipinski definition) is 6. The van der Waals surface area contributed by atoms with E-state index in [1.165, 1.54) is 26.4 Å². The summed E-state index contributed by atoms with van der Waals surface area (Å²) in [6, 6.07) is 26.9. The van der Waals surface area contributed by atoms with Crippen LogP contribution in [0.4, 0.5) is 11.4 Å². The van der Waals surface area contributed by atoms with Crippen molar-refractivity contribution in [1.29, 1.82) is 0 Å². The summed E-state index contributed by atoms with van der Waals surface area (Å²) in [5.74, 6) is 0.0998.